The monoisotopic (exact) mass is 669 g/mol. The van der Waals surface area contributed by atoms with E-state index in [0.717, 1.165) is 56.8 Å². The van der Waals surface area contributed by atoms with Gasteiger partial charge < -0.3 is 28.8 Å². The van der Waals surface area contributed by atoms with E-state index >= 15 is 0 Å². The number of piperazine rings is 1. The Labute approximate surface area is 292 Å². The Morgan fingerprint density at radius 3 is 2.16 bits per heavy atom. The Bertz CT molecular complexity index is 1580. The molecule has 1 atom stereocenters. The molecule has 4 heterocycles. The number of methoxy groups -OCH3 is 1. The molecule has 2 aliphatic heterocycles. The molecule has 7 rings (SSSR count). The van der Waals surface area contributed by atoms with Crippen molar-refractivity contribution in [2.45, 2.75) is 84.2 Å². The summed E-state index contributed by atoms with van der Waals surface area (Å²) in [6, 6.07) is 20.8. The van der Waals surface area contributed by atoms with Crippen LogP contribution in [0, 0.1) is 6.92 Å². The number of aromatic nitrogens is 4. The number of rotatable bonds is 5. The van der Waals surface area contributed by atoms with Crippen molar-refractivity contribution in [3.05, 3.63) is 77.2 Å². The van der Waals surface area contributed by atoms with Crippen LogP contribution in [-0.4, -0.2) is 90.8 Å². The topological polar surface area (TPSA) is 96.7 Å². The van der Waals surface area contributed by atoms with Crippen molar-refractivity contribution in [2.75, 3.05) is 57.2 Å². The smallest absolute Gasteiger partial charge is 0.292 e. The Hall–Kier alpha value is -4.31. The third kappa shape index (κ3) is 10.1. The molecular formula is C39H55N7O3. The lowest BCUT2D eigenvalue weighted by Crippen LogP contribution is -2.44. The molecule has 0 bridgehead atoms. The highest BCUT2D eigenvalue weighted by Gasteiger charge is 2.27. The number of anilines is 2. The highest BCUT2D eigenvalue weighted by atomic mass is 16.5. The molecule has 10 nitrogen and oxygen atoms in total. The number of nitrogens with zero attached hydrogens (tertiary/aromatic N) is 7. The molecule has 1 saturated carbocycles. The Kier molecular flexibility index (Phi) is 14.6. The van der Waals surface area contributed by atoms with Crippen molar-refractivity contribution >= 4 is 35.3 Å². The van der Waals surface area contributed by atoms with Gasteiger partial charge in [0.15, 0.2) is 5.82 Å². The van der Waals surface area contributed by atoms with Crippen molar-refractivity contribution in [1.29, 1.82) is 0 Å². The molecule has 2 fully saturated rings. The highest BCUT2D eigenvalue weighted by molar-refractivity contribution is 5.86. The molecule has 264 valence electrons. The number of fused-ring (bicyclic) bond motifs is 3. The number of likely N-dealkylation sites (N-methyl/N-ethyl adjacent to an activating group) is 1. The molecule has 0 radical (unpaired) electrons. The molecule has 4 aromatic rings. The van der Waals surface area contributed by atoms with Crippen LogP contribution in [0.2, 0.25) is 0 Å². The van der Waals surface area contributed by atoms with Crippen molar-refractivity contribution in [2.24, 2.45) is 0 Å². The lowest BCUT2D eigenvalue weighted by molar-refractivity contribution is -0.126. The molecular weight excluding hydrogens is 614 g/mol. The van der Waals surface area contributed by atoms with Crippen LogP contribution in [-0.2, 0) is 27.2 Å². The lowest BCUT2D eigenvalue weighted by Gasteiger charge is -2.34. The third-order valence-corrected chi connectivity index (χ3v) is 9.72. The highest BCUT2D eigenvalue weighted by Crippen LogP contribution is 2.39. The second-order valence-corrected chi connectivity index (χ2v) is 13.2. The summed E-state index contributed by atoms with van der Waals surface area (Å²) >= 11 is 0. The molecule has 0 N–H and O–H groups in total. The molecule has 10 heteroatoms. The van der Waals surface area contributed by atoms with Crippen molar-refractivity contribution < 1.29 is 14.3 Å². The zero-order valence-corrected chi connectivity index (χ0v) is 30.3. The van der Waals surface area contributed by atoms with Crippen LogP contribution in [0.5, 0.6) is 0 Å². The fourth-order valence-electron chi connectivity index (χ4n) is 6.86. The van der Waals surface area contributed by atoms with Gasteiger partial charge in [-0.3, -0.25) is 4.79 Å². The van der Waals surface area contributed by atoms with Crippen LogP contribution in [0.15, 0.2) is 54.6 Å². The number of benzene rings is 2. The average Bonchev–Trinajstić information content (AvgIpc) is 3.50. The lowest BCUT2D eigenvalue weighted by atomic mass is 9.94. The molecule has 2 aromatic heterocycles. The fraction of sp³-hybridized carbons (Fsp3) is 0.513. The minimum absolute atomic E-state index is 0.375. The first-order chi connectivity index (χ1) is 23.8. The minimum atomic E-state index is 0.375. The molecule has 1 unspecified atom stereocenters. The zero-order valence-electron chi connectivity index (χ0n) is 30.3. The molecule has 2 aromatic carbocycles. The van der Waals surface area contributed by atoms with E-state index in [1.807, 2.05) is 19.1 Å². The number of hydrogen-bond acceptors (Lipinski definition) is 9. The molecule has 0 amide bonds. The van der Waals surface area contributed by atoms with Crippen molar-refractivity contribution in [1.82, 2.24) is 24.6 Å². The van der Waals surface area contributed by atoms with Gasteiger partial charge in [0.05, 0.1) is 23.8 Å². The SMILES string of the molecule is CC1CCc2c(ccc3c2nc(Cc2ccccc2)n3C2CCCCC2)N1C.CC=O.COC=O.Cc1ccc(N2CCN(C)CC2)nn1. The second-order valence-electron chi connectivity index (χ2n) is 13.2. The van der Waals surface area contributed by atoms with Gasteiger partial charge in [0, 0.05) is 63.0 Å². The van der Waals surface area contributed by atoms with Crippen LogP contribution in [0.25, 0.3) is 11.0 Å². The molecule has 3 aliphatic rings. The van der Waals surface area contributed by atoms with E-state index < -0.39 is 0 Å². The predicted octanol–water partition coefficient (Wildman–Crippen LogP) is 6.43. The summed E-state index contributed by atoms with van der Waals surface area (Å²) in [6.07, 6.45) is 10.7. The maximum Gasteiger partial charge on any atom is 0.292 e. The normalized spacial score (nSPS) is 17.7. The van der Waals surface area contributed by atoms with E-state index in [0.29, 0.717) is 18.6 Å². The summed E-state index contributed by atoms with van der Waals surface area (Å²) in [4.78, 5) is 30.1. The maximum absolute atomic E-state index is 8.95. The molecule has 1 saturated heterocycles. The quantitative estimate of drug-likeness (QED) is 0.223. The van der Waals surface area contributed by atoms with Gasteiger partial charge >= 0.3 is 0 Å². The van der Waals surface area contributed by atoms with Crippen molar-refractivity contribution in [3.63, 3.8) is 0 Å². The van der Waals surface area contributed by atoms with Gasteiger partial charge in [0.1, 0.15) is 12.1 Å². The second kappa shape index (κ2) is 19.0. The number of hydrogen-bond donors (Lipinski definition) is 0. The van der Waals surface area contributed by atoms with Crippen LogP contribution < -0.4 is 9.80 Å². The van der Waals surface area contributed by atoms with Crippen LogP contribution in [0.4, 0.5) is 11.5 Å². The van der Waals surface area contributed by atoms with E-state index in [1.165, 1.54) is 86.2 Å². The standard InChI is InChI=1S/C25H31N3.C10H16N4.C2H4O2.C2H4O/c1-18-13-14-21-22(27(18)2)15-16-23-25(21)26-24(17-19-9-5-3-6-10-19)28(23)20-11-7-4-8-12-20;1-9-3-4-10(12-11-9)14-7-5-13(2)6-8-14;1-4-2-3;1-2-3/h3,5-6,9-10,15-16,18,20H,4,7-8,11-14,17H2,1-2H3;3-4H,5-8H2,1-2H3;2H,1H3;2H,1H3. The third-order valence-electron chi connectivity index (χ3n) is 9.72. The van der Waals surface area contributed by atoms with Gasteiger partial charge in [-0.05, 0) is 83.3 Å². The number of imidazole rings is 1. The first-order valence-electron chi connectivity index (χ1n) is 17.7. The molecule has 1 aliphatic carbocycles. The van der Waals surface area contributed by atoms with E-state index in [2.05, 4.69) is 97.7 Å². The van der Waals surface area contributed by atoms with Crippen LogP contribution in [0.1, 0.15) is 81.1 Å². The number of carbonyl (C=O) groups is 2. The van der Waals surface area contributed by atoms with E-state index in [-0.39, 0.29) is 0 Å². The predicted molar refractivity (Wildman–Crippen MR) is 199 cm³/mol. The number of ether oxygens (including phenoxy) is 1. The summed E-state index contributed by atoms with van der Waals surface area (Å²) in [5, 5.41) is 8.25. The maximum atomic E-state index is 8.95. The summed E-state index contributed by atoms with van der Waals surface area (Å²) in [5.74, 6) is 2.26. The number of aldehydes is 1. The van der Waals surface area contributed by atoms with Crippen LogP contribution >= 0.6 is 0 Å². The Morgan fingerprint density at radius 1 is 0.878 bits per heavy atom. The van der Waals surface area contributed by atoms with Crippen LogP contribution in [0.3, 0.4) is 0 Å². The summed E-state index contributed by atoms with van der Waals surface area (Å²) in [7, 11) is 5.70. The Balaban J connectivity index is 0.000000215. The van der Waals surface area contributed by atoms with Gasteiger partial charge in [0.2, 0.25) is 0 Å². The van der Waals surface area contributed by atoms with E-state index in [4.69, 9.17) is 14.6 Å². The molecule has 0 spiro atoms. The van der Waals surface area contributed by atoms with E-state index in [1.54, 1.807) is 0 Å². The molecule has 49 heavy (non-hydrogen) atoms. The first-order valence-corrected chi connectivity index (χ1v) is 17.7. The number of aryl methyl sites for hydroxylation is 2. The summed E-state index contributed by atoms with van der Waals surface area (Å²) in [5.41, 5.74) is 7.79. The summed E-state index contributed by atoms with van der Waals surface area (Å²) in [6.45, 7) is 10.4. The average molecular weight is 670 g/mol. The summed E-state index contributed by atoms with van der Waals surface area (Å²) < 4.78 is 6.47. The van der Waals surface area contributed by atoms with Gasteiger partial charge in [-0.2, -0.15) is 5.10 Å². The first kappa shape index (κ1) is 37.5. The van der Waals surface area contributed by atoms with Gasteiger partial charge in [-0.25, -0.2) is 4.98 Å². The Morgan fingerprint density at radius 2 is 1.55 bits per heavy atom. The van der Waals surface area contributed by atoms with Gasteiger partial charge in [-0.1, -0.05) is 49.6 Å². The van der Waals surface area contributed by atoms with E-state index in [9.17, 15) is 0 Å². The fourth-order valence-corrected chi connectivity index (χ4v) is 6.86. The van der Waals surface area contributed by atoms with Gasteiger partial charge in [-0.15, -0.1) is 5.10 Å². The van der Waals surface area contributed by atoms with Gasteiger partial charge in [0.25, 0.3) is 6.47 Å². The minimum Gasteiger partial charge on any atom is -0.471 e. The number of carbonyl (C=O) groups excluding carboxylic acids is 2. The van der Waals surface area contributed by atoms with Crippen molar-refractivity contribution in [3.8, 4) is 0 Å². The largest absolute Gasteiger partial charge is 0.471 e. The zero-order chi connectivity index (χ0) is 35.2.